The fourth-order valence-corrected chi connectivity index (χ4v) is 3.27. The first-order valence-corrected chi connectivity index (χ1v) is 7.48. The fourth-order valence-electron chi connectivity index (χ4n) is 3.27. The summed E-state index contributed by atoms with van der Waals surface area (Å²) >= 11 is 0. The van der Waals surface area contributed by atoms with Crippen LogP contribution in [0.2, 0.25) is 0 Å². The van der Waals surface area contributed by atoms with Crippen LogP contribution in [0.25, 0.3) is 0 Å². The van der Waals surface area contributed by atoms with Gasteiger partial charge in [0.2, 0.25) is 0 Å². The van der Waals surface area contributed by atoms with E-state index < -0.39 is 0 Å². The van der Waals surface area contributed by atoms with Crippen LogP contribution in [0.3, 0.4) is 0 Å². The molecule has 1 aliphatic carbocycles. The third-order valence-corrected chi connectivity index (χ3v) is 4.09. The lowest BCUT2D eigenvalue weighted by atomic mass is 9.82. The second-order valence-corrected chi connectivity index (χ2v) is 6.49. The molecule has 1 aliphatic rings. The van der Waals surface area contributed by atoms with Crippen LogP contribution >= 0.6 is 0 Å². The van der Waals surface area contributed by atoms with Crippen molar-refractivity contribution in [3.8, 4) is 5.75 Å². The lowest BCUT2D eigenvalue weighted by Crippen LogP contribution is -2.29. The molecule has 0 saturated heterocycles. The van der Waals surface area contributed by atoms with E-state index in [0.29, 0.717) is 6.10 Å². The van der Waals surface area contributed by atoms with Gasteiger partial charge in [0.05, 0.1) is 6.10 Å². The average molecular weight is 261 g/mol. The summed E-state index contributed by atoms with van der Waals surface area (Å²) in [7, 11) is 0. The number of hydrogen-bond acceptors (Lipinski definition) is 2. The first kappa shape index (κ1) is 14.4. The quantitative estimate of drug-likeness (QED) is 0.884. The zero-order valence-corrected chi connectivity index (χ0v) is 12.6. The maximum atomic E-state index is 6.29. The molecule has 19 heavy (non-hydrogen) atoms. The summed E-state index contributed by atoms with van der Waals surface area (Å²) in [6.45, 7) is 8.77. The molecule has 2 heteroatoms. The van der Waals surface area contributed by atoms with Crippen LogP contribution in [-0.4, -0.2) is 6.10 Å². The summed E-state index contributed by atoms with van der Waals surface area (Å²) in [5.74, 6) is 2.51. The van der Waals surface area contributed by atoms with E-state index in [9.17, 15) is 0 Å². The third-order valence-electron chi connectivity index (χ3n) is 4.09. The topological polar surface area (TPSA) is 35.2 Å². The van der Waals surface area contributed by atoms with E-state index in [4.69, 9.17) is 10.5 Å². The standard InChI is InChI=1S/C17H27NO/c1-11-5-6-16(14(4)18)17(10-11)19-15-8-12(2)7-13(3)9-15/h5-6,10,12-15H,7-9,18H2,1-4H3. The highest BCUT2D eigenvalue weighted by Crippen LogP contribution is 2.33. The number of rotatable bonds is 3. The molecule has 0 radical (unpaired) electrons. The molecule has 1 aromatic rings. The monoisotopic (exact) mass is 261 g/mol. The lowest BCUT2D eigenvalue weighted by molar-refractivity contribution is 0.0997. The zero-order valence-electron chi connectivity index (χ0n) is 12.6. The van der Waals surface area contributed by atoms with Crippen molar-refractivity contribution in [1.29, 1.82) is 0 Å². The van der Waals surface area contributed by atoms with Gasteiger partial charge in [0.1, 0.15) is 5.75 Å². The molecule has 1 fully saturated rings. The Morgan fingerprint density at radius 3 is 2.37 bits per heavy atom. The normalized spacial score (nSPS) is 29.0. The van der Waals surface area contributed by atoms with Gasteiger partial charge in [-0.1, -0.05) is 26.0 Å². The Morgan fingerprint density at radius 1 is 1.16 bits per heavy atom. The maximum Gasteiger partial charge on any atom is 0.124 e. The minimum Gasteiger partial charge on any atom is -0.490 e. The van der Waals surface area contributed by atoms with Crippen LogP contribution in [0, 0.1) is 18.8 Å². The van der Waals surface area contributed by atoms with Crippen LogP contribution in [0.4, 0.5) is 0 Å². The Morgan fingerprint density at radius 2 is 1.79 bits per heavy atom. The number of hydrogen-bond donors (Lipinski definition) is 1. The highest BCUT2D eigenvalue weighted by atomic mass is 16.5. The van der Waals surface area contributed by atoms with Crippen molar-refractivity contribution >= 4 is 0 Å². The number of ether oxygens (including phenoxy) is 1. The van der Waals surface area contributed by atoms with Gasteiger partial charge in [0.25, 0.3) is 0 Å². The first-order valence-electron chi connectivity index (χ1n) is 7.48. The lowest BCUT2D eigenvalue weighted by Gasteiger charge is -2.32. The smallest absolute Gasteiger partial charge is 0.124 e. The van der Waals surface area contributed by atoms with E-state index >= 15 is 0 Å². The van der Waals surface area contributed by atoms with Crippen molar-refractivity contribution in [3.63, 3.8) is 0 Å². The molecule has 106 valence electrons. The van der Waals surface area contributed by atoms with Gasteiger partial charge >= 0.3 is 0 Å². The van der Waals surface area contributed by atoms with Crippen LogP contribution in [0.1, 0.15) is 57.2 Å². The van der Waals surface area contributed by atoms with E-state index in [0.717, 1.165) is 36.0 Å². The predicted molar refractivity (Wildman–Crippen MR) is 80.4 cm³/mol. The van der Waals surface area contributed by atoms with Gasteiger partial charge in [-0.05, 0) is 56.6 Å². The Bertz CT molecular complexity index is 417. The van der Waals surface area contributed by atoms with Crippen molar-refractivity contribution < 1.29 is 4.74 Å². The highest BCUT2D eigenvalue weighted by Gasteiger charge is 2.26. The van der Waals surface area contributed by atoms with Gasteiger partial charge in [-0.25, -0.2) is 0 Å². The van der Waals surface area contributed by atoms with E-state index in [2.05, 4.69) is 39.0 Å². The van der Waals surface area contributed by atoms with Gasteiger partial charge in [-0.15, -0.1) is 0 Å². The van der Waals surface area contributed by atoms with E-state index in [1.807, 2.05) is 6.92 Å². The molecule has 0 heterocycles. The second kappa shape index (κ2) is 5.96. The van der Waals surface area contributed by atoms with E-state index in [-0.39, 0.29) is 6.04 Å². The van der Waals surface area contributed by atoms with Crippen molar-refractivity contribution in [2.24, 2.45) is 17.6 Å². The predicted octanol–water partition coefficient (Wildman–Crippen LogP) is 4.22. The molecule has 3 unspecified atom stereocenters. The summed E-state index contributed by atoms with van der Waals surface area (Å²) in [5.41, 5.74) is 8.40. The molecular formula is C17H27NO. The molecule has 0 aromatic heterocycles. The third kappa shape index (κ3) is 3.73. The number of nitrogens with two attached hydrogens (primary N) is 1. The maximum absolute atomic E-state index is 6.29. The van der Waals surface area contributed by atoms with Crippen LogP contribution in [0.15, 0.2) is 18.2 Å². The summed E-state index contributed by atoms with van der Waals surface area (Å²) in [6.07, 6.45) is 4.00. The molecule has 1 aromatic carbocycles. The van der Waals surface area contributed by atoms with Crippen molar-refractivity contribution in [1.82, 2.24) is 0 Å². The largest absolute Gasteiger partial charge is 0.490 e. The van der Waals surface area contributed by atoms with Crippen molar-refractivity contribution in [2.75, 3.05) is 0 Å². The summed E-state index contributed by atoms with van der Waals surface area (Å²) in [4.78, 5) is 0. The Balaban J connectivity index is 2.15. The average Bonchev–Trinajstić information content (AvgIpc) is 2.26. The second-order valence-electron chi connectivity index (χ2n) is 6.49. The zero-order chi connectivity index (χ0) is 14.0. The summed E-state index contributed by atoms with van der Waals surface area (Å²) in [5, 5.41) is 0. The highest BCUT2D eigenvalue weighted by molar-refractivity contribution is 5.39. The van der Waals surface area contributed by atoms with Gasteiger partial charge < -0.3 is 10.5 Å². The Labute approximate surface area is 117 Å². The van der Waals surface area contributed by atoms with Crippen LogP contribution in [-0.2, 0) is 0 Å². The molecule has 1 saturated carbocycles. The molecule has 0 amide bonds. The van der Waals surface area contributed by atoms with E-state index in [1.54, 1.807) is 0 Å². The van der Waals surface area contributed by atoms with Gasteiger partial charge in [-0.3, -0.25) is 0 Å². The molecule has 3 atom stereocenters. The molecule has 0 spiro atoms. The van der Waals surface area contributed by atoms with Crippen molar-refractivity contribution in [3.05, 3.63) is 29.3 Å². The fraction of sp³-hybridized carbons (Fsp3) is 0.647. The minimum absolute atomic E-state index is 0.0223. The molecule has 2 nitrogen and oxygen atoms in total. The summed E-state index contributed by atoms with van der Waals surface area (Å²) < 4.78 is 6.29. The van der Waals surface area contributed by atoms with E-state index in [1.165, 1.54) is 12.0 Å². The molecular weight excluding hydrogens is 234 g/mol. The SMILES string of the molecule is Cc1ccc(C(C)N)c(OC2CC(C)CC(C)C2)c1. The molecule has 0 aliphatic heterocycles. The van der Waals surface area contributed by atoms with Crippen LogP contribution in [0.5, 0.6) is 5.75 Å². The van der Waals surface area contributed by atoms with Crippen LogP contribution < -0.4 is 10.5 Å². The molecule has 0 bridgehead atoms. The van der Waals surface area contributed by atoms with Crippen molar-refractivity contribution in [2.45, 2.75) is 59.1 Å². The number of benzene rings is 1. The van der Waals surface area contributed by atoms with Gasteiger partial charge in [0.15, 0.2) is 0 Å². The Kier molecular flexibility index (Phi) is 4.51. The van der Waals surface area contributed by atoms with Gasteiger partial charge in [0, 0.05) is 11.6 Å². The molecule has 2 rings (SSSR count). The summed E-state index contributed by atoms with van der Waals surface area (Å²) in [6, 6.07) is 6.36. The molecule has 2 N–H and O–H groups in total. The minimum atomic E-state index is 0.0223. The number of aryl methyl sites for hydroxylation is 1. The van der Waals surface area contributed by atoms with Gasteiger partial charge in [-0.2, -0.15) is 0 Å². The first-order chi connectivity index (χ1) is 8.95. The Hall–Kier alpha value is -1.02.